The van der Waals surface area contributed by atoms with Crippen LogP contribution < -0.4 is 10.1 Å². The zero-order valence-electron chi connectivity index (χ0n) is 20.3. The molecule has 4 rings (SSSR count). The van der Waals surface area contributed by atoms with Crippen molar-refractivity contribution in [2.45, 2.75) is 20.4 Å². The Morgan fingerprint density at radius 2 is 1.92 bits per heavy atom. The van der Waals surface area contributed by atoms with Gasteiger partial charge in [-0.25, -0.2) is 13.4 Å². The number of rotatable bonds is 10. The molecule has 9 nitrogen and oxygen atoms in total. The van der Waals surface area contributed by atoms with Crippen LogP contribution in [-0.4, -0.2) is 54.5 Å². The molecule has 0 aliphatic rings. The van der Waals surface area contributed by atoms with Crippen molar-refractivity contribution in [2.24, 2.45) is 4.99 Å². The number of anilines is 1. The normalized spacial score (nSPS) is 12.2. The number of amides is 2. The Labute approximate surface area is 222 Å². The number of aromatic nitrogens is 2. The van der Waals surface area contributed by atoms with Gasteiger partial charge in [0.2, 0.25) is 5.91 Å². The Hall–Kier alpha value is -3.19. The van der Waals surface area contributed by atoms with E-state index in [1.165, 1.54) is 22.7 Å². The van der Waals surface area contributed by atoms with Gasteiger partial charge >= 0.3 is 0 Å². The Morgan fingerprint density at radius 3 is 2.68 bits per heavy atom. The van der Waals surface area contributed by atoms with Gasteiger partial charge in [0.15, 0.2) is 19.8 Å². The Morgan fingerprint density at radius 1 is 1.14 bits per heavy atom. The molecule has 2 amide bonds. The maximum absolute atomic E-state index is 12.6. The van der Waals surface area contributed by atoms with Gasteiger partial charge in [0.25, 0.3) is 5.91 Å². The van der Waals surface area contributed by atoms with Crippen molar-refractivity contribution in [3.05, 3.63) is 64.3 Å². The smallest absolute Gasteiger partial charge is 0.263 e. The van der Waals surface area contributed by atoms with Crippen LogP contribution in [0.5, 0.6) is 0 Å². The molecule has 0 bridgehead atoms. The summed E-state index contributed by atoms with van der Waals surface area (Å²) in [6, 6.07) is 15.3. The number of hydrogen-bond acceptors (Lipinski definition) is 8. The number of aryl methyl sites for hydroxylation is 1. The van der Waals surface area contributed by atoms with E-state index in [9.17, 15) is 18.0 Å². The average Bonchev–Trinajstić information content (AvgIpc) is 3.43. The molecular formula is C25H26N4O5S3. The average molecular weight is 559 g/mol. The SMILES string of the molecule is CCOCCn1c(=NC(=O)CS(=O)(=O)CC(=O)Nc2nc(-c3ccccc3)cs2)sc2cc(C)ccc21. The molecule has 37 heavy (non-hydrogen) atoms. The highest BCUT2D eigenvalue weighted by Crippen LogP contribution is 2.24. The number of ether oxygens (including phenoxy) is 1. The fraction of sp³-hybridized carbons (Fsp3) is 0.280. The number of thiazole rings is 2. The largest absolute Gasteiger partial charge is 0.380 e. The number of nitrogens with zero attached hydrogens (tertiary/aromatic N) is 3. The summed E-state index contributed by atoms with van der Waals surface area (Å²) in [5.74, 6) is -3.30. The molecule has 0 aliphatic carbocycles. The fourth-order valence-corrected chi connectivity index (χ4v) is 6.51. The second kappa shape index (κ2) is 11.9. The predicted octanol–water partition coefficient (Wildman–Crippen LogP) is 3.65. The number of carbonyl (C=O) groups is 2. The number of hydrogen-bond donors (Lipinski definition) is 1. The molecule has 0 saturated heterocycles. The van der Waals surface area contributed by atoms with Crippen LogP contribution in [0.2, 0.25) is 0 Å². The zero-order valence-corrected chi connectivity index (χ0v) is 22.8. The molecule has 1 N–H and O–H groups in total. The van der Waals surface area contributed by atoms with Gasteiger partial charge in [0, 0.05) is 24.1 Å². The lowest BCUT2D eigenvalue weighted by molar-refractivity contribution is -0.115. The molecule has 2 heterocycles. The van der Waals surface area contributed by atoms with Gasteiger partial charge < -0.3 is 14.6 Å². The van der Waals surface area contributed by atoms with Gasteiger partial charge in [0.1, 0.15) is 11.5 Å². The molecule has 2 aromatic carbocycles. The second-order valence-electron chi connectivity index (χ2n) is 8.19. The minimum absolute atomic E-state index is 0.283. The molecule has 194 valence electrons. The van der Waals surface area contributed by atoms with Gasteiger partial charge in [-0.2, -0.15) is 4.99 Å². The van der Waals surface area contributed by atoms with Crippen LogP contribution in [0.25, 0.3) is 21.5 Å². The molecule has 12 heteroatoms. The second-order valence-corrected chi connectivity index (χ2v) is 12.1. The summed E-state index contributed by atoms with van der Waals surface area (Å²) in [5.41, 5.74) is 3.51. The van der Waals surface area contributed by atoms with Gasteiger partial charge in [-0.05, 0) is 31.5 Å². The predicted molar refractivity (Wildman–Crippen MR) is 146 cm³/mol. The maximum atomic E-state index is 12.6. The Balaban J connectivity index is 1.44. The van der Waals surface area contributed by atoms with E-state index in [0.717, 1.165) is 21.3 Å². The number of benzene rings is 2. The molecule has 0 radical (unpaired) electrons. The Bertz CT molecular complexity index is 1590. The molecule has 0 aliphatic heterocycles. The molecule has 0 saturated carbocycles. The summed E-state index contributed by atoms with van der Waals surface area (Å²) in [5, 5.41) is 4.56. The molecule has 0 fully saturated rings. The lowest BCUT2D eigenvalue weighted by Gasteiger charge is -2.06. The standard InChI is InChI=1S/C25H26N4O5S3/c1-3-34-12-11-29-20-10-9-17(2)13-21(20)36-25(29)28-23(31)16-37(32,33)15-22(30)27-24-26-19(14-35-24)18-7-5-4-6-8-18/h4-10,13-14H,3,11-12,15-16H2,1-2H3,(H,26,27,30). The van der Waals surface area contributed by atoms with E-state index in [0.29, 0.717) is 30.3 Å². The lowest BCUT2D eigenvalue weighted by atomic mass is 10.2. The summed E-state index contributed by atoms with van der Waals surface area (Å²) < 4.78 is 33.4. The molecular weight excluding hydrogens is 532 g/mol. The molecule has 2 aromatic heterocycles. The monoisotopic (exact) mass is 558 g/mol. The zero-order chi connectivity index (χ0) is 26.4. The van der Waals surface area contributed by atoms with Crippen LogP contribution in [0.15, 0.2) is 58.9 Å². The first-order chi connectivity index (χ1) is 17.7. The van der Waals surface area contributed by atoms with Gasteiger partial charge in [-0.1, -0.05) is 47.7 Å². The minimum atomic E-state index is -4.04. The molecule has 0 atom stereocenters. The summed E-state index contributed by atoms with van der Waals surface area (Å²) >= 11 is 2.50. The van der Waals surface area contributed by atoms with Crippen LogP contribution in [0.3, 0.4) is 0 Å². The molecule has 0 spiro atoms. The van der Waals surface area contributed by atoms with E-state index in [2.05, 4.69) is 15.3 Å². The van der Waals surface area contributed by atoms with Crippen molar-refractivity contribution in [2.75, 3.05) is 30.0 Å². The highest BCUT2D eigenvalue weighted by molar-refractivity contribution is 7.92. The van der Waals surface area contributed by atoms with Crippen molar-refractivity contribution >= 4 is 59.7 Å². The summed E-state index contributed by atoms with van der Waals surface area (Å²) in [6.45, 7) is 5.32. The van der Waals surface area contributed by atoms with E-state index in [1.807, 2.05) is 66.9 Å². The van der Waals surface area contributed by atoms with E-state index in [-0.39, 0.29) is 5.13 Å². The highest BCUT2D eigenvalue weighted by Gasteiger charge is 2.22. The Kier molecular flexibility index (Phi) is 8.64. The van der Waals surface area contributed by atoms with Crippen LogP contribution in [0.1, 0.15) is 12.5 Å². The third kappa shape index (κ3) is 7.19. The van der Waals surface area contributed by atoms with Crippen molar-refractivity contribution in [3.8, 4) is 11.3 Å². The van der Waals surface area contributed by atoms with E-state index in [4.69, 9.17) is 4.74 Å². The van der Waals surface area contributed by atoms with Crippen molar-refractivity contribution < 1.29 is 22.7 Å². The summed E-state index contributed by atoms with van der Waals surface area (Å²) in [6.07, 6.45) is 0. The fourth-order valence-electron chi connectivity index (χ4n) is 3.59. The summed E-state index contributed by atoms with van der Waals surface area (Å²) in [4.78, 5) is 33.8. The first kappa shape index (κ1) is 26.9. The topological polar surface area (TPSA) is 120 Å². The highest BCUT2D eigenvalue weighted by atomic mass is 32.2. The van der Waals surface area contributed by atoms with Gasteiger partial charge in [-0.3, -0.25) is 9.59 Å². The number of carbonyl (C=O) groups excluding carboxylic acids is 2. The molecule has 0 unspecified atom stereocenters. The van der Waals surface area contributed by atoms with Crippen molar-refractivity contribution in [3.63, 3.8) is 0 Å². The van der Waals surface area contributed by atoms with E-state index in [1.54, 1.807) is 5.38 Å². The van der Waals surface area contributed by atoms with E-state index >= 15 is 0 Å². The van der Waals surface area contributed by atoms with Crippen molar-refractivity contribution in [1.82, 2.24) is 9.55 Å². The third-order valence-corrected chi connectivity index (χ3v) is 8.42. The van der Waals surface area contributed by atoms with Crippen molar-refractivity contribution in [1.29, 1.82) is 0 Å². The van der Waals surface area contributed by atoms with Gasteiger partial charge in [0.05, 0.1) is 22.5 Å². The van der Waals surface area contributed by atoms with Crippen LogP contribution >= 0.6 is 22.7 Å². The van der Waals surface area contributed by atoms with Crippen LogP contribution in [0, 0.1) is 6.92 Å². The third-order valence-electron chi connectivity index (χ3n) is 5.24. The van der Waals surface area contributed by atoms with Crippen LogP contribution in [-0.2, 0) is 30.7 Å². The first-order valence-electron chi connectivity index (χ1n) is 11.5. The lowest BCUT2D eigenvalue weighted by Crippen LogP contribution is -2.28. The van der Waals surface area contributed by atoms with Crippen LogP contribution in [0.4, 0.5) is 5.13 Å². The maximum Gasteiger partial charge on any atom is 0.263 e. The molecule has 4 aromatic rings. The number of sulfone groups is 1. The number of fused-ring (bicyclic) bond motifs is 1. The van der Waals surface area contributed by atoms with E-state index < -0.39 is 33.2 Å². The number of nitrogens with one attached hydrogen (secondary N) is 1. The quantitative estimate of drug-likeness (QED) is 0.297. The van der Waals surface area contributed by atoms with Gasteiger partial charge in [-0.15, -0.1) is 11.3 Å². The summed E-state index contributed by atoms with van der Waals surface area (Å²) in [7, 11) is -4.04. The minimum Gasteiger partial charge on any atom is -0.380 e. The first-order valence-corrected chi connectivity index (χ1v) is 15.0.